The van der Waals surface area contributed by atoms with Crippen LogP contribution in [0.15, 0.2) is 72.8 Å². The van der Waals surface area contributed by atoms with E-state index in [1.165, 1.54) is 6.07 Å². The quantitative estimate of drug-likeness (QED) is 0.435. The minimum absolute atomic E-state index is 0.0343. The van der Waals surface area contributed by atoms with Crippen LogP contribution in [0.4, 0.5) is 9.18 Å². The van der Waals surface area contributed by atoms with Crippen molar-refractivity contribution in [2.45, 2.75) is 17.9 Å². The molecule has 1 saturated heterocycles. The van der Waals surface area contributed by atoms with Crippen molar-refractivity contribution in [2.24, 2.45) is 5.92 Å². The number of nitrogens with zero attached hydrogens (tertiary/aromatic N) is 1. The fourth-order valence-electron chi connectivity index (χ4n) is 5.57. The molecule has 3 N–H and O–H groups in total. The van der Waals surface area contributed by atoms with Gasteiger partial charge in [-0.2, -0.15) is 0 Å². The first kappa shape index (κ1) is 24.4. The van der Waals surface area contributed by atoms with Crippen molar-refractivity contribution in [3.8, 4) is 11.1 Å². The second-order valence-corrected chi connectivity index (χ2v) is 9.59. The third-order valence-corrected chi connectivity index (χ3v) is 7.69. The SMILES string of the molecule is O=C(O)N(CC1c2ccccc2-c2ccccc21)C(=S)N[C@@]1(c2ccccc2F)CCOC[C@H]1CO. The molecule has 0 aromatic heterocycles. The number of ether oxygens (including phenoxy) is 1. The summed E-state index contributed by atoms with van der Waals surface area (Å²) in [6.45, 7) is 0.330. The Bertz CT molecular complexity index is 1260. The van der Waals surface area contributed by atoms with E-state index in [0.717, 1.165) is 27.2 Å². The molecule has 1 heterocycles. The summed E-state index contributed by atoms with van der Waals surface area (Å²) >= 11 is 5.67. The second kappa shape index (κ2) is 9.97. The molecular weight excluding hydrogens is 479 g/mol. The van der Waals surface area contributed by atoms with Gasteiger partial charge in [-0.25, -0.2) is 9.18 Å². The fourth-order valence-corrected chi connectivity index (χ4v) is 5.90. The number of benzene rings is 3. The molecule has 1 amide bonds. The summed E-state index contributed by atoms with van der Waals surface area (Å²) in [6, 6.07) is 22.2. The Labute approximate surface area is 214 Å². The van der Waals surface area contributed by atoms with E-state index in [4.69, 9.17) is 17.0 Å². The fraction of sp³-hybridized carbons (Fsp3) is 0.286. The summed E-state index contributed by atoms with van der Waals surface area (Å²) in [6.07, 6.45) is -0.882. The molecule has 0 bridgehead atoms. The van der Waals surface area contributed by atoms with Crippen molar-refractivity contribution in [3.05, 3.63) is 95.3 Å². The lowest BCUT2D eigenvalue weighted by Gasteiger charge is -2.46. The van der Waals surface area contributed by atoms with E-state index < -0.39 is 23.4 Å². The molecule has 186 valence electrons. The number of thiocarbonyl (C=S) groups is 1. The van der Waals surface area contributed by atoms with Crippen molar-refractivity contribution in [1.29, 1.82) is 0 Å². The van der Waals surface area contributed by atoms with E-state index in [-0.39, 0.29) is 30.8 Å². The van der Waals surface area contributed by atoms with Gasteiger partial charge >= 0.3 is 6.09 Å². The summed E-state index contributed by atoms with van der Waals surface area (Å²) in [5.74, 6) is -1.18. The topological polar surface area (TPSA) is 82.0 Å². The van der Waals surface area contributed by atoms with Crippen molar-refractivity contribution in [3.63, 3.8) is 0 Å². The number of carbonyl (C=O) groups is 1. The van der Waals surface area contributed by atoms with E-state index in [9.17, 15) is 15.0 Å². The number of hydrogen-bond acceptors (Lipinski definition) is 4. The van der Waals surface area contributed by atoms with E-state index in [1.54, 1.807) is 18.2 Å². The maximum atomic E-state index is 15.1. The van der Waals surface area contributed by atoms with E-state index >= 15 is 4.39 Å². The number of aliphatic hydroxyl groups excluding tert-OH is 1. The van der Waals surface area contributed by atoms with Crippen LogP contribution in [-0.2, 0) is 10.3 Å². The Balaban J connectivity index is 1.50. The van der Waals surface area contributed by atoms with Gasteiger partial charge in [0.25, 0.3) is 0 Å². The first-order valence-corrected chi connectivity index (χ1v) is 12.3. The van der Waals surface area contributed by atoms with Crippen molar-refractivity contribution in [2.75, 3.05) is 26.4 Å². The Morgan fingerprint density at radius 1 is 1.06 bits per heavy atom. The van der Waals surface area contributed by atoms with Crippen molar-refractivity contribution >= 4 is 23.4 Å². The Morgan fingerprint density at radius 3 is 2.28 bits per heavy atom. The number of halogens is 1. The second-order valence-electron chi connectivity index (χ2n) is 9.21. The van der Waals surface area contributed by atoms with Gasteiger partial charge in [0, 0.05) is 30.6 Å². The van der Waals surface area contributed by atoms with Crippen LogP contribution in [0, 0.1) is 11.7 Å². The third kappa shape index (κ3) is 4.15. The van der Waals surface area contributed by atoms with Gasteiger partial charge in [0.05, 0.1) is 18.8 Å². The van der Waals surface area contributed by atoms with Crippen LogP contribution in [0.25, 0.3) is 11.1 Å². The molecule has 5 rings (SSSR count). The molecule has 0 spiro atoms. The highest BCUT2D eigenvalue weighted by atomic mass is 32.1. The summed E-state index contributed by atoms with van der Waals surface area (Å²) in [7, 11) is 0. The maximum Gasteiger partial charge on any atom is 0.413 e. The molecule has 3 aromatic carbocycles. The Hall–Kier alpha value is -3.33. The zero-order chi connectivity index (χ0) is 25.3. The molecule has 36 heavy (non-hydrogen) atoms. The maximum absolute atomic E-state index is 15.1. The lowest BCUT2D eigenvalue weighted by Crippen LogP contribution is -2.60. The summed E-state index contributed by atoms with van der Waals surface area (Å²) in [4.78, 5) is 13.6. The molecule has 1 aliphatic heterocycles. The molecule has 2 aliphatic rings. The van der Waals surface area contributed by atoms with Crippen LogP contribution >= 0.6 is 12.2 Å². The molecule has 0 saturated carbocycles. The zero-order valence-corrected chi connectivity index (χ0v) is 20.4. The molecule has 2 atom stereocenters. The van der Waals surface area contributed by atoms with Crippen molar-refractivity contribution < 1.29 is 24.1 Å². The third-order valence-electron chi connectivity index (χ3n) is 7.37. The van der Waals surface area contributed by atoms with Gasteiger partial charge in [0.15, 0.2) is 5.11 Å². The summed E-state index contributed by atoms with van der Waals surface area (Å²) in [5.41, 5.74) is 3.45. The number of nitrogens with one attached hydrogen (secondary N) is 1. The molecule has 8 heteroatoms. The highest BCUT2D eigenvalue weighted by Crippen LogP contribution is 2.45. The van der Waals surface area contributed by atoms with Gasteiger partial charge in [-0.05, 0) is 47.0 Å². The minimum Gasteiger partial charge on any atom is -0.465 e. The molecule has 1 fully saturated rings. The molecule has 1 aliphatic carbocycles. The van der Waals surface area contributed by atoms with Crippen LogP contribution in [0.1, 0.15) is 29.0 Å². The van der Waals surface area contributed by atoms with Crippen molar-refractivity contribution in [1.82, 2.24) is 10.2 Å². The molecule has 0 radical (unpaired) electrons. The summed E-state index contributed by atoms with van der Waals surface area (Å²) < 4.78 is 20.6. The van der Waals surface area contributed by atoms with E-state index in [1.807, 2.05) is 48.5 Å². The largest absolute Gasteiger partial charge is 0.465 e. The van der Waals surface area contributed by atoms with Gasteiger partial charge in [-0.1, -0.05) is 66.7 Å². The number of fused-ring (bicyclic) bond motifs is 3. The van der Waals surface area contributed by atoms with Crippen LogP contribution in [0.5, 0.6) is 0 Å². The molecular formula is C28H27FN2O4S. The highest BCUT2D eigenvalue weighted by molar-refractivity contribution is 7.80. The van der Waals surface area contributed by atoms with E-state index in [0.29, 0.717) is 18.6 Å². The zero-order valence-electron chi connectivity index (χ0n) is 19.6. The first-order chi connectivity index (χ1) is 17.5. The lowest BCUT2D eigenvalue weighted by molar-refractivity contribution is -0.0329. The predicted molar refractivity (Wildman–Crippen MR) is 138 cm³/mol. The van der Waals surface area contributed by atoms with Crippen LogP contribution in [0.2, 0.25) is 0 Å². The van der Waals surface area contributed by atoms with Crippen LogP contribution in [0.3, 0.4) is 0 Å². The number of carboxylic acid groups (broad SMARTS) is 1. The van der Waals surface area contributed by atoms with Gasteiger partial charge in [-0.15, -0.1) is 0 Å². The standard InChI is InChI=1S/C28H27FN2O4S/c29-25-12-6-5-11-24(25)28(13-14-35-17-18(28)16-32)30-26(36)31(27(33)34)15-23-21-9-3-1-7-19(21)20-8-2-4-10-22(20)23/h1-12,18,23,32H,13-17H2,(H,30,36)(H,33,34)/t18-,28+/m1/s1. The molecule has 0 unspecified atom stereocenters. The Kier molecular flexibility index (Phi) is 6.75. The van der Waals surface area contributed by atoms with Gasteiger partial charge < -0.3 is 20.3 Å². The van der Waals surface area contributed by atoms with Gasteiger partial charge in [-0.3, -0.25) is 4.90 Å². The normalized spacial score (nSPS) is 20.9. The minimum atomic E-state index is -1.20. The first-order valence-electron chi connectivity index (χ1n) is 11.9. The van der Waals surface area contributed by atoms with Crippen LogP contribution in [-0.4, -0.2) is 52.7 Å². The highest BCUT2D eigenvalue weighted by Gasteiger charge is 2.46. The molecule has 6 nitrogen and oxygen atoms in total. The van der Waals surface area contributed by atoms with E-state index in [2.05, 4.69) is 5.32 Å². The molecule has 3 aromatic rings. The monoisotopic (exact) mass is 506 g/mol. The predicted octanol–water partition coefficient (Wildman–Crippen LogP) is 4.72. The van der Waals surface area contributed by atoms with Gasteiger partial charge in [0.1, 0.15) is 5.82 Å². The number of rotatable bonds is 5. The summed E-state index contributed by atoms with van der Waals surface area (Å²) in [5, 5.41) is 23.5. The number of aliphatic hydroxyl groups is 1. The average molecular weight is 507 g/mol. The van der Waals surface area contributed by atoms with Crippen LogP contribution < -0.4 is 5.32 Å². The smallest absolute Gasteiger partial charge is 0.413 e. The average Bonchev–Trinajstić information content (AvgIpc) is 3.21. The van der Waals surface area contributed by atoms with Gasteiger partial charge in [0.2, 0.25) is 0 Å². The lowest BCUT2D eigenvalue weighted by atomic mass is 9.74. The number of hydrogen-bond donors (Lipinski definition) is 3. The number of amides is 1. The Morgan fingerprint density at radius 2 is 1.67 bits per heavy atom.